The van der Waals surface area contributed by atoms with Crippen molar-refractivity contribution in [1.82, 2.24) is 0 Å². The molecule has 182 valence electrons. The number of rotatable bonds is 0. The molecule has 32 heavy (non-hydrogen) atoms. The normalized spacial score (nSPS) is 54.2. The fourth-order valence-electron chi connectivity index (χ4n) is 10.7. The summed E-state index contributed by atoms with van der Waals surface area (Å²) in [6.07, 6.45) is 11.4. The molecule has 4 saturated carbocycles. The van der Waals surface area contributed by atoms with E-state index in [-0.39, 0.29) is 33.9 Å². The highest BCUT2D eigenvalue weighted by Gasteiger charge is 2.67. The SMILES string of the molecule is CC1(C)CC2=C3CCC4C5(C)CCC(O)C(C)(C)C5CCC4(C)C3(C)CCC2(C)C(O)C1. The Morgan fingerprint density at radius 2 is 1.38 bits per heavy atom. The predicted octanol–water partition coefficient (Wildman–Crippen LogP) is 7.28. The zero-order valence-electron chi connectivity index (χ0n) is 22.3. The van der Waals surface area contributed by atoms with Gasteiger partial charge in [-0.05, 0) is 103 Å². The van der Waals surface area contributed by atoms with Crippen LogP contribution in [0.25, 0.3) is 0 Å². The second kappa shape index (κ2) is 6.66. The van der Waals surface area contributed by atoms with Gasteiger partial charge in [0, 0.05) is 5.41 Å². The molecule has 0 radical (unpaired) electrons. The molecule has 0 amide bonds. The molecule has 5 aliphatic carbocycles. The standard InChI is InChI=1S/C30H50O2/c1-25(2)17-20-19-9-10-22-28(6)13-12-23(31)26(3,4)21(28)11-14-30(22,8)29(19,7)16-15-27(20,5)24(32)18-25/h21-24,31-32H,9-18H2,1-8H3. The van der Waals surface area contributed by atoms with E-state index in [4.69, 9.17) is 0 Å². The lowest BCUT2D eigenvalue weighted by Gasteiger charge is -2.71. The molecule has 8 unspecified atom stereocenters. The summed E-state index contributed by atoms with van der Waals surface area (Å²) >= 11 is 0. The summed E-state index contributed by atoms with van der Waals surface area (Å²) in [4.78, 5) is 0. The van der Waals surface area contributed by atoms with E-state index in [1.807, 2.05) is 0 Å². The summed E-state index contributed by atoms with van der Waals surface area (Å²) in [7, 11) is 0. The molecule has 2 N–H and O–H groups in total. The van der Waals surface area contributed by atoms with Crippen LogP contribution < -0.4 is 0 Å². The minimum Gasteiger partial charge on any atom is -0.393 e. The third-order valence-electron chi connectivity index (χ3n) is 13.0. The van der Waals surface area contributed by atoms with Gasteiger partial charge in [-0.15, -0.1) is 0 Å². The Hall–Kier alpha value is -0.340. The number of allylic oxidation sites excluding steroid dienone is 1. The number of aliphatic hydroxyl groups excluding tert-OH is 2. The molecule has 2 heteroatoms. The van der Waals surface area contributed by atoms with Gasteiger partial charge in [0.25, 0.3) is 0 Å². The molecule has 0 spiro atoms. The van der Waals surface area contributed by atoms with Gasteiger partial charge in [0.2, 0.25) is 0 Å². The fraction of sp³-hybridized carbons (Fsp3) is 0.933. The maximum atomic E-state index is 11.3. The molecule has 0 aliphatic heterocycles. The summed E-state index contributed by atoms with van der Waals surface area (Å²) < 4.78 is 0. The largest absolute Gasteiger partial charge is 0.393 e. The van der Waals surface area contributed by atoms with Crippen LogP contribution in [0.4, 0.5) is 0 Å². The van der Waals surface area contributed by atoms with Gasteiger partial charge in [-0.2, -0.15) is 0 Å². The minimum atomic E-state index is -0.197. The molecule has 0 heterocycles. The molecule has 4 fully saturated rings. The Morgan fingerprint density at radius 3 is 2.06 bits per heavy atom. The maximum Gasteiger partial charge on any atom is 0.0636 e. The molecule has 0 saturated heterocycles. The van der Waals surface area contributed by atoms with E-state index >= 15 is 0 Å². The topological polar surface area (TPSA) is 40.5 Å². The number of fused-ring (bicyclic) bond motifs is 6. The lowest BCUT2D eigenvalue weighted by Crippen LogP contribution is -2.64. The van der Waals surface area contributed by atoms with Crippen molar-refractivity contribution in [2.45, 2.75) is 132 Å². The van der Waals surface area contributed by atoms with Crippen LogP contribution in [-0.4, -0.2) is 22.4 Å². The van der Waals surface area contributed by atoms with Gasteiger partial charge in [-0.1, -0.05) is 66.5 Å². The van der Waals surface area contributed by atoms with E-state index < -0.39 is 0 Å². The van der Waals surface area contributed by atoms with Gasteiger partial charge in [0.1, 0.15) is 0 Å². The smallest absolute Gasteiger partial charge is 0.0636 e. The van der Waals surface area contributed by atoms with Gasteiger partial charge in [-0.25, -0.2) is 0 Å². The van der Waals surface area contributed by atoms with E-state index in [9.17, 15) is 10.2 Å². The number of hydrogen-bond donors (Lipinski definition) is 2. The Kier molecular flexibility index (Phi) is 4.87. The van der Waals surface area contributed by atoms with Crippen molar-refractivity contribution >= 4 is 0 Å². The molecule has 0 aromatic rings. The number of aliphatic hydroxyl groups is 2. The average Bonchev–Trinajstić information content (AvgIpc) is 2.67. The Labute approximate surface area is 197 Å². The van der Waals surface area contributed by atoms with Gasteiger partial charge in [0.15, 0.2) is 0 Å². The van der Waals surface area contributed by atoms with Crippen molar-refractivity contribution in [2.75, 3.05) is 0 Å². The molecule has 2 nitrogen and oxygen atoms in total. The molecular formula is C30H50O2. The monoisotopic (exact) mass is 442 g/mol. The van der Waals surface area contributed by atoms with Crippen LogP contribution in [0.3, 0.4) is 0 Å². The summed E-state index contributed by atoms with van der Waals surface area (Å²) in [6.45, 7) is 19.7. The highest BCUT2D eigenvalue weighted by molar-refractivity contribution is 5.39. The van der Waals surface area contributed by atoms with Crippen molar-refractivity contribution in [3.63, 3.8) is 0 Å². The first-order valence-corrected chi connectivity index (χ1v) is 13.7. The summed E-state index contributed by atoms with van der Waals surface area (Å²) in [6, 6.07) is 0. The van der Waals surface area contributed by atoms with Gasteiger partial charge in [-0.3, -0.25) is 0 Å². The van der Waals surface area contributed by atoms with Crippen LogP contribution in [0.1, 0.15) is 120 Å². The van der Waals surface area contributed by atoms with Crippen LogP contribution in [0.2, 0.25) is 0 Å². The molecular weight excluding hydrogens is 392 g/mol. The van der Waals surface area contributed by atoms with Gasteiger partial charge < -0.3 is 10.2 Å². The van der Waals surface area contributed by atoms with Crippen LogP contribution >= 0.6 is 0 Å². The van der Waals surface area contributed by atoms with Gasteiger partial charge >= 0.3 is 0 Å². The highest BCUT2D eigenvalue weighted by Crippen LogP contribution is 2.75. The molecule has 0 aromatic carbocycles. The van der Waals surface area contributed by atoms with Crippen LogP contribution in [0.5, 0.6) is 0 Å². The lowest BCUT2D eigenvalue weighted by atomic mass is 9.34. The van der Waals surface area contributed by atoms with Crippen LogP contribution in [-0.2, 0) is 0 Å². The third-order valence-corrected chi connectivity index (χ3v) is 13.0. The Balaban J connectivity index is 1.60. The van der Waals surface area contributed by atoms with E-state index in [1.165, 1.54) is 44.9 Å². The predicted molar refractivity (Wildman–Crippen MR) is 132 cm³/mol. The highest BCUT2D eigenvalue weighted by atomic mass is 16.3. The van der Waals surface area contributed by atoms with Crippen molar-refractivity contribution in [1.29, 1.82) is 0 Å². The third kappa shape index (κ3) is 2.72. The first-order valence-electron chi connectivity index (χ1n) is 13.7. The van der Waals surface area contributed by atoms with E-state index in [0.717, 1.165) is 25.2 Å². The molecule has 5 rings (SSSR count). The van der Waals surface area contributed by atoms with E-state index in [0.29, 0.717) is 16.7 Å². The molecule has 0 aromatic heterocycles. The van der Waals surface area contributed by atoms with E-state index in [2.05, 4.69) is 55.4 Å². The molecule has 0 bridgehead atoms. The zero-order chi connectivity index (χ0) is 23.5. The minimum absolute atomic E-state index is 0.00833. The Bertz CT molecular complexity index is 838. The van der Waals surface area contributed by atoms with Crippen molar-refractivity contribution in [3.05, 3.63) is 11.1 Å². The van der Waals surface area contributed by atoms with Crippen molar-refractivity contribution in [2.24, 2.45) is 44.3 Å². The summed E-state index contributed by atoms with van der Waals surface area (Å²) in [5.41, 5.74) is 4.54. The maximum absolute atomic E-state index is 11.3. The lowest BCUT2D eigenvalue weighted by molar-refractivity contribution is -0.205. The van der Waals surface area contributed by atoms with Crippen LogP contribution in [0.15, 0.2) is 11.1 Å². The first kappa shape index (κ1) is 23.4. The summed E-state index contributed by atoms with van der Waals surface area (Å²) in [5, 5.41) is 22.2. The van der Waals surface area contributed by atoms with Crippen LogP contribution in [0, 0.1) is 44.3 Å². The number of hydrogen-bond acceptors (Lipinski definition) is 2. The average molecular weight is 443 g/mol. The van der Waals surface area contributed by atoms with Crippen molar-refractivity contribution < 1.29 is 10.2 Å². The zero-order valence-corrected chi connectivity index (χ0v) is 22.3. The van der Waals surface area contributed by atoms with E-state index in [1.54, 1.807) is 11.1 Å². The Morgan fingerprint density at radius 1 is 0.688 bits per heavy atom. The molecule has 8 atom stereocenters. The van der Waals surface area contributed by atoms with Crippen molar-refractivity contribution in [3.8, 4) is 0 Å². The fourth-order valence-corrected chi connectivity index (χ4v) is 10.7. The second-order valence-corrected chi connectivity index (χ2v) is 15.2. The van der Waals surface area contributed by atoms with Gasteiger partial charge in [0.05, 0.1) is 12.2 Å². The quantitative estimate of drug-likeness (QED) is 0.387. The second-order valence-electron chi connectivity index (χ2n) is 15.2. The molecule has 5 aliphatic rings. The summed E-state index contributed by atoms with van der Waals surface area (Å²) in [5.74, 6) is 1.36. The first-order chi connectivity index (χ1) is 14.6.